The predicted octanol–water partition coefficient (Wildman–Crippen LogP) is 3.81. The van der Waals surface area contributed by atoms with Gasteiger partial charge in [-0.15, -0.1) is 0 Å². The smallest absolute Gasteiger partial charge is 0.407 e. The van der Waals surface area contributed by atoms with Crippen molar-refractivity contribution in [3.05, 3.63) is 65.7 Å². The minimum Gasteiger partial charge on any atom is -0.444 e. The van der Waals surface area contributed by atoms with Gasteiger partial charge in [-0.05, 0) is 44.0 Å². The zero-order valence-electron chi connectivity index (χ0n) is 17.0. The van der Waals surface area contributed by atoms with E-state index in [1.165, 1.54) is 0 Å². The molecule has 0 saturated heterocycles. The van der Waals surface area contributed by atoms with Crippen molar-refractivity contribution in [2.45, 2.75) is 39.1 Å². The maximum absolute atomic E-state index is 12.0. The Bertz CT molecular complexity index is 889. The fourth-order valence-electron chi connectivity index (χ4n) is 2.45. The Labute approximate surface area is 172 Å². The number of nitrogens with one attached hydrogen (secondary N) is 1. The normalized spacial score (nSPS) is 12.8. The van der Waals surface area contributed by atoms with E-state index in [1.807, 2.05) is 30.3 Å². The number of alkyl carbamates (subject to hydrolysis) is 1. The second kappa shape index (κ2) is 9.76. The van der Waals surface area contributed by atoms with Gasteiger partial charge in [0.25, 0.3) is 0 Å². The highest BCUT2D eigenvalue weighted by molar-refractivity contribution is 7.86. The summed E-state index contributed by atoms with van der Waals surface area (Å²) in [4.78, 5) is 12.0. The minimum atomic E-state index is -3.60. The number of rotatable bonds is 8. The van der Waals surface area contributed by atoms with Crippen LogP contribution in [-0.2, 0) is 26.2 Å². The zero-order chi connectivity index (χ0) is 21.5. The number of amides is 1. The Morgan fingerprint density at radius 2 is 1.66 bits per heavy atom. The fraction of sp³-hybridized carbons (Fsp3) is 0.381. The van der Waals surface area contributed by atoms with Crippen LogP contribution < -0.4 is 9.50 Å². The maximum atomic E-state index is 12.0. The number of hydrogen-bond donors (Lipinski definition) is 1. The molecule has 0 aromatic heterocycles. The molecule has 0 fully saturated rings. The third-order valence-corrected chi connectivity index (χ3v) is 4.12. The third kappa shape index (κ3) is 8.97. The van der Waals surface area contributed by atoms with E-state index in [9.17, 15) is 13.2 Å². The van der Waals surface area contributed by atoms with Gasteiger partial charge in [-0.2, -0.15) is 8.42 Å². The molecule has 0 bridgehead atoms. The summed E-state index contributed by atoms with van der Waals surface area (Å²) in [5.74, 6) is 0.207. The highest BCUT2D eigenvalue weighted by atomic mass is 32.2. The van der Waals surface area contributed by atoms with Crippen molar-refractivity contribution in [2.24, 2.45) is 0 Å². The molecular formula is C21H27NO6S. The zero-order valence-corrected chi connectivity index (χ0v) is 17.9. The molecule has 0 aliphatic heterocycles. The molecule has 1 N–H and O–H groups in total. The van der Waals surface area contributed by atoms with E-state index in [0.717, 1.165) is 17.4 Å². The lowest BCUT2D eigenvalue weighted by atomic mass is 10.1. The van der Waals surface area contributed by atoms with Gasteiger partial charge in [0.1, 0.15) is 17.5 Å². The van der Waals surface area contributed by atoms with Crippen LogP contribution in [0.5, 0.6) is 5.75 Å². The summed E-state index contributed by atoms with van der Waals surface area (Å²) in [6.07, 6.45) is -0.0184. The van der Waals surface area contributed by atoms with Gasteiger partial charge >= 0.3 is 16.2 Å². The van der Waals surface area contributed by atoms with Crippen molar-refractivity contribution in [3.8, 4) is 5.75 Å². The van der Waals surface area contributed by atoms with Crippen molar-refractivity contribution >= 4 is 16.2 Å². The summed E-state index contributed by atoms with van der Waals surface area (Å²) in [6, 6.07) is 16.1. The Kier molecular flexibility index (Phi) is 7.64. The molecule has 0 saturated carbocycles. The summed E-state index contributed by atoms with van der Waals surface area (Å²) in [5.41, 5.74) is 1.15. The largest absolute Gasteiger partial charge is 0.444 e. The van der Waals surface area contributed by atoms with Crippen molar-refractivity contribution in [1.82, 2.24) is 5.32 Å². The van der Waals surface area contributed by atoms with Crippen LogP contribution in [0.15, 0.2) is 54.6 Å². The van der Waals surface area contributed by atoms with Crippen LogP contribution >= 0.6 is 0 Å². The molecule has 0 radical (unpaired) electrons. The van der Waals surface area contributed by atoms with Crippen LogP contribution in [0.3, 0.4) is 0 Å². The van der Waals surface area contributed by atoms with E-state index in [0.29, 0.717) is 6.61 Å². The van der Waals surface area contributed by atoms with Crippen LogP contribution in [0.2, 0.25) is 0 Å². The molecule has 0 aliphatic carbocycles. The standard InChI is InChI=1S/C21H27NO6S/c1-21(2,3)27-20(23)22-14-19(26-15-16-8-6-5-7-9-16)17-10-12-18(13-11-17)28-29(4,24)25/h5-13,19H,14-15H2,1-4H3,(H,22,23). The highest BCUT2D eigenvalue weighted by Crippen LogP contribution is 2.23. The minimum absolute atomic E-state index is 0.189. The van der Waals surface area contributed by atoms with Crippen molar-refractivity contribution in [2.75, 3.05) is 12.8 Å². The molecule has 158 valence electrons. The SMILES string of the molecule is CC(C)(C)OC(=O)NCC(OCc1ccccc1)c1ccc(OS(C)(=O)=O)cc1. The Morgan fingerprint density at radius 3 is 2.21 bits per heavy atom. The summed E-state index contributed by atoms with van der Waals surface area (Å²) < 4.78 is 38.7. The molecule has 1 atom stereocenters. The monoisotopic (exact) mass is 421 g/mol. The van der Waals surface area contributed by atoms with E-state index in [1.54, 1.807) is 45.0 Å². The third-order valence-electron chi connectivity index (χ3n) is 3.62. The van der Waals surface area contributed by atoms with Crippen molar-refractivity contribution in [3.63, 3.8) is 0 Å². The van der Waals surface area contributed by atoms with E-state index >= 15 is 0 Å². The lowest BCUT2D eigenvalue weighted by Gasteiger charge is -2.23. The van der Waals surface area contributed by atoms with Crippen LogP contribution in [-0.4, -0.2) is 32.9 Å². The molecule has 0 aliphatic rings. The number of carbonyl (C=O) groups is 1. The van der Waals surface area contributed by atoms with Gasteiger partial charge in [-0.25, -0.2) is 4.79 Å². The maximum Gasteiger partial charge on any atom is 0.407 e. The Hall–Kier alpha value is -2.58. The first kappa shape index (κ1) is 22.7. The summed E-state index contributed by atoms with van der Waals surface area (Å²) in [6.45, 7) is 5.90. The molecular weight excluding hydrogens is 394 g/mol. The summed E-state index contributed by atoms with van der Waals surface area (Å²) in [5, 5.41) is 2.71. The second-order valence-electron chi connectivity index (χ2n) is 7.52. The van der Waals surface area contributed by atoms with Gasteiger partial charge in [0, 0.05) is 0 Å². The van der Waals surface area contributed by atoms with Gasteiger partial charge < -0.3 is 19.0 Å². The van der Waals surface area contributed by atoms with Gasteiger partial charge in [0.05, 0.1) is 19.4 Å². The van der Waals surface area contributed by atoms with Gasteiger partial charge in [-0.1, -0.05) is 42.5 Å². The molecule has 1 unspecified atom stereocenters. The molecule has 0 heterocycles. The Morgan fingerprint density at radius 1 is 1.03 bits per heavy atom. The summed E-state index contributed by atoms with van der Waals surface area (Å²) in [7, 11) is -3.60. The molecule has 2 rings (SSSR count). The quantitative estimate of drug-likeness (QED) is 0.652. The van der Waals surface area contributed by atoms with Crippen molar-refractivity contribution < 1.29 is 26.9 Å². The topological polar surface area (TPSA) is 90.9 Å². The molecule has 1 amide bonds. The van der Waals surface area contributed by atoms with E-state index in [2.05, 4.69) is 5.32 Å². The van der Waals surface area contributed by atoms with Gasteiger partial charge in [-0.3, -0.25) is 0 Å². The van der Waals surface area contributed by atoms with Crippen molar-refractivity contribution in [1.29, 1.82) is 0 Å². The number of benzene rings is 2. The molecule has 2 aromatic carbocycles. The molecule has 29 heavy (non-hydrogen) atoms. The highest BCUT2D eigenvalue weighted by Gasteiger charge is 2.19. The van der Waals surface area contributed by atoms with E-state index in [4.69, 9.17) is 13.7 Å². The van der Waals surface area contributed by atoms with Gasteiger partial charge in [0.15, 0.2) is 0 Å². The van der Waals surface area contributed by atoms with Crippen LogP contribution in [0.1, 0.15) is 38.0 Å². The average molecular weight is 422 g/mol. The summed E-state index contributed by atoms with van der Waals surface area (Å²) >= 11 is 0. The molecule has 0 spiro atoms. The predicted molar refractivity (Wildman–Crippen MR) is 110 cm³/mol. The number of ether oxygens (including phenoxy) is 2. The van der Waals surface area contributed by atoms with Crippen LogP contribution in [0.25, 0.3) is 0 Å². The number of hydrogen-bond acceptors (Lipinski definition) is 6. The van der Waals surface area contributed by atoms with Crippen LogP contribution in [0.4, 0.5) is 4.79 Å². The first-order valence-corrected chi connectivity index (χ1v) is 11.0. The second-order valence-corrected chi connectivity index (χ2v) is 9.10. The van der Waals surface area contributed by atoms with Crippen LogP contribution in [0, 0.1) is 0 Å². The van der Waals surface area contributed by atoms with Gasteiger partial charge in [0.2, 0.25) is 0 Å². The molecule has 8 heteroatoms. The van der Waals surface area contributed by atoms with E-state index < -0.39 is 27.9 Å². The lowest BCUT2D eigenvalue weighted by Crippen LogP contribution is -2.35. The molecule has 2 aromatic rings. The average Bonchev–Trinajstić information content (AvgIpc) is 2.61. The molecule has 7 nitrogen and oxygen atoms in total. The first-order chi connectivity index (χ1) is 13.5. The Balaban J connectivity index is 2.09. The van der Waals surface area contributed by atoms with E-state index in [-0.39, 0.29) is 12.3 Å². The first-order valence-electron chi connectivity index (χ1n) is 9.14. The fourth-order valence-corrected chi connectivity index (χ4v) is 2.91. The lowest BCUT2D eigenvalue weighted by molar-refractivity contribution is 0.0273. The number of carbonyl (C=O) groups excluding carboxylic acids is 1.